The molecular weight excluding hydrogens is 266 g/mol. The Labute approximate surface area is 126 Å². The third kappa shape index (κ3) is 4.04. The second-order valence-corrected chi connectivity index (χ2v) is 6.86. The van der Waals surface area contributed by atoms with E-state index in [9.17, 15) is 0 Å². The predicted octanol–water partition coefficient (Wildman–Crippen LogP) is 3.58. The molecule has 1 aliphatic rings. The lowest BCUT2D eigenvalue weighted by molar-refractivity contribution is 0.163. The average molecular weight is 291 g/mol. The van der Waals surface area contributed by atoms with Gasteiger partial charge in [0, 0.05) is 23.9 Å². The van der Waals surface area contributed by atoms with E-state index >= 15 is 0 Å². The average Bonchev–Trinajstić information content (AvgIpc) is 2.81. The number of piperidine rings is 1. The Morgan fingerprint density at radius 3 is 2.95 bits per heavy atom. The van der Waals surface area contributed by atoms with Gasteiger partial charge in [0.05, 0.1) is 23.2 Å². The van der Waals surface area contributed by atoms with Crippen LogP contribution in [0, 0.1) is 11.3 Å². The topological polar surface area (TPSA) is 39.9 Å². The molecule has 20 heavy (non-hydrogen) atoms. The Kier molecular flexibility index (Phi) is 6.00. The fourth-order valence-electron chi connectivity index (χ4n) is 2.91. The molecule has 0 bridgehead atoms. The van der Waals surface area contributed by atoms with Gasteiger partial charge in [-0.15, -0.1) is 11.3 Å². The van der Waals surface area contributed by atoms with E-state index in [4.69, 9.17) is 10.2 Å². The Morgan fingerprint density at radius 1 is 1.40 bits per heavy atom. The fourth-order valence-corrected chi connectivity index (χ4v) is 3.95. The summed E-state index contributed by atoms with van der Waals surface area (Å²) in [5, 5.41) is 10.1. The minimum absolute atomic E-state index is 0.521. The summed E-state index contributed by atoms with van der Waals surface area (Å²) in [6.07, 6.45) is 7.71. The quantitative estimate of drug-likeness (QED) is 0.804. The molecule has 1 aromatic heterocycles. The van der Waals surface area contributed by atoms with Crippen molar-refractivity contribution in [2.24, 2.45) is 0 Å². The first-order valence-electron chi connectivity index (χ1n) is 7.83. The number of hydrogen-bond acceptors (Lipinski definition) is 4. The van der Waals surface area contributed by atoms with Crippen molar-refractivity contribution in [2.75, 3.05) is 13.1 Å². The van der Waals surface area contributed by atoms with E-state index in [0.29, 0.717) is 6.42 Å². The predicted molar refractivity (Wildman–Crippen MR) is 84.0 cm³/mol. The van der Waals surface area contributed by atoms with Gasteiger partial charge in [0.1, 0.15) is 0 Å². The Balaban J connectivity index is 1.95. The smallest absolute Gasteiger partial charge is 0.0944 e. The zero-order chi connectivity index (χ0) is 14.4. The van der Waals surface area contributed by atoms with Gasteiger partial charge in [-0.3, -0.25) is 0 Å². The van der Waals surface area contributed by atoms with Crippen LogP contribution in [0.2, 0.25) is 0 Å². The number of thiazole rings is 1. The summed E-state index contributed by atoms with van der Waals surface area (Å²) in [5.41, 5.74) is 1.17. The number of likely N-dealkylation sites (tertiary alicyclic amines) is 1. The van der Waals surface area contributed by atoms with Crippen LogP contribution >= 0.6 is 11.3 Å². The Morgan fingerprint density at radius 2 is 2.25 bits per heavy atom. The van der Waals surface area contributed by atoms with Crippen LogP contribution in [-0.4, -0.2) is 29.0 Å². The number of aryl methyl sites for hydroxylation is 1. The minimum atomic E-state index is 0.521. The van der Waals surface area contributed by atoms with Gasteiger partial charge >= 0.3 is 0 Å². The summed E-state index contributed by atoms with van der Waals surface area (Å²) < 4.78 is 0. The summed E-state index contributed by atoms with van der Waals surface area (Å²) in [4.78, 5) is 8.55. The number of nitrogens with zero attached hydrogens (tertiary/aromatic N) is 3. The van der Waals surface area contributed by atoms with Crippen molar-refractivity contribution in [3.63, 3.8) is 0 Å². The molecule has 2 heterocycles. The third-order valence-electron chi connectivity index (χ3n) is 4.10. The molecule has 0 aromatic carbocycles. The Bertz CT molecular complexity index is 461. The number of hydrogen-bond donors (Lipinski definition) is 0. The van der Waals surface area contributed by atoms with Crippen LogP contribution in [0.1, 0.15) is 55.1 Å². The normalized spacial score (nSPS) is 19.9. The second kappa shape index (κ2) is 7.75. The molecule has 4 heteroatoms. The van der Waals surface area contributed by atoms with E-state index in [2.05, 4.69) is 24.8 Å². The number of rotatable bonds is 6. The van der Waals surface area contributed by atoms with Gasteiger partial charge in [-0.25, -0.2) is 4.98 Å². The van der Waals surface area contributed by atoms with Gasteiger partial charge in [0.25, 0.3) is 0 Å². The molecular formula is C16H25N3S. The lowest BCUT2D eigenvalue weighted by Crippen LogP contribution is -2.38. The summed E-state index contributed by atoms with van der Waals surface area (Å²) in [6.45, 7) is 6.86. The van der Waals surface area contributed by atoms with Crippen LogP contribution < -0.4 is 0 Å². The van der Waals surface area contributed by atoms with Crippen molar-refractivity contribution in [1.82, 2.24) is 9.88 Å². The van der Waals surface area contributed by atoms with Crippen molar-refractivity contribution in [3.8, 4) is 6.07 Å². The molecule has 110 valence electrons. The first-order chi connectivity index (χ1) is 9.74. The van der Waals surface area contributed by atoms with E-state index in [0.717, 1.165) is 31.8 Å². The number of aromatic nitrogens is 1. The van der Waals surface area contributed by atoms with Gasteiger partial charge < -0.3 is 4.90 Å². The van der Waals surface area contributed by atoms with Gasteiger partial charge in [-0.05, 0) is 32.7 Å². The first kappa shape index (κ1) is 15.5. The standard InChI is InChI=1S/C16H25N3S/c1-3-6-14-15(8-10-17)20-16(18-14)9-12-19-11-5-4-7-13(19)2/h13H,3-9,11-12H2,1-2H3. The van der Waals surface area contributed by atoms with Crippen LogP contribution in [0.3, 0.4) is 0 Å². The molecule has 3 nitrogen and oxygen atoms in total. The van der Waals surface area contributed by atoms with Crippen LogP contribution in [0.25, 0.3) is 0 Å². The zero-order valence-corrected chi connectivity index (χ0v) is 13.5. The molecule has 0 aliphatic carbocycles. The molecule has 0 radical (unpaired) electrons. The summed E-state index contributed by atoms with van der Waals surface area (Å²) in [6, 6.07) is 2.99. The zero-order valence-electron chi connectivity index (χ0n) is 12.7. The minimum Gasteiger partial charge on any atom is -0.300 e. The first-order valence-corrected chi connectivity index (χ1v) is 8.64. The van der Waals surface area contributed by atoms with Gasteiger partial charge in [-0.2, -0.15) is 5.26 Å². The molecule has 1 aliphatic heterocycles. The summed E-state index contributed by atoms with van der Waals surface area (Å²) >= 11 is 1.75. The lowest BCUT2D eigenvalue weighted by Gasteiger charge is -2.33. The van der Waals surface area contributed by atoms with Gasteiger partial charge in [0.15, 0.2) is 0 Å². The highest BCUT2D eigenvalue weighted by Gasteiger charge is 2.18. The van der Waals surface area contributed by atoms with Crippen molar-refractivity contribution in [1.29, 1.82) is 5.26 Å². The van der Waals surface area contributed by atoms with Crippen molar-refractivity contribution in [2.45, 2.75) is 64.8 Å². The molecule has 1 aromatic rings. The van der Waals surface area contributed by atoms with Crippen molar-refractivity contribution < 1.29 is 0 Å². The fraction of sp³-hybridized carbons (Fsp3) is 0.750. The summed E-state index contributed by atoms with van der Waals surface area (Å²) in [5.74, 6) is 0. The van der Waals surface area contributed by atoms with E-state index in [1.165, 1.54) is 41.4 Å². The molecule has 0 spiro atoms. The molecule has 1 unspecified atom stereocenters. The molecule has 1 saturated heterocycles. The van der Waals surface area contributed by atoms with Crippen LogP contribution in [0.15, 0.2) is 0 Å². The maximum absolute atomic E-state index is 8.91. The van der Waals surface area contributed by atoms with Crippen LogP contribution in [0.4, 0.5) is 0 Å². The molecule has 0 N–H and O–H groups in total. The number of nitriles is 1. The van der Waals surface area contributed by atoms with E-state index in [-0.39, 0.29) is 0 Å². The summed E-state index contributed by atoms with van der Waals surface area (Å²) in [7, 11) is 0. The molecule has 2 rings (SSSR count). The Hall–Kier alpha value is -0.920. The van der Waals surface area contributed by atoms with Gasteiger partial charge in [-0.1, -0.05) is 19.8 Å². The third-order valence-corrected chi connectivity index (χ3v) is 5.26. The monoisotopic (exact) mass is 291 g/mol. The second-order valence-electron chi connectivity index (χ2n) is 5.69. The molecule has 0 amide bonds. The molecule has 0 saturated carbocycles. The maximum Gasteiger partial charge on any atom is 0.0944 e. The van der Waals surface area contributed by atoms with Crippen molar-refractivity contribution in [3.05, 3.63) is 15.6 Å². The molecule has 1 fully saturated rings. The van der Waals surface area contributed by atoms with E-state index < -0.39 is 0 Å². The van der Waals surface area contributed by atoms with Gasteiger partial charge in [0.2, 0.25) is 0 Å². The largest absolute Gasteiger partial charge is 0.300 e. The van der Waals surface area contributed by atoms with E-state index in [1.54, 1.807) is 11.3 Å². The van der Waals surface area contributed by atoms with Crippen LogP contribution in [-0.2, 0) is 19.3 Å². The van der Waals surface area contributed by atoms with Crippen LogP contribution in [0.5, 0.6) is 0 Å². The van der Waals surface area contributed by atoms with E-state index in [1.807, 2.05) is 0 Å². The maximum atomic E-state index is 8.91. The highest BCUT2D eigenvalue weighted by molar-refractivity contribution is 7.11. The molecule has 1 atom stereocenters. The highest BCUT2D eigenvalue weighted by atomic mass is 32.1. The van der Waals surface area contributed by atoms with Crippen molar-refractivity contribution >= 4 is 11.3 Å². The lowest BCUT2D eigenvalue weighted by atomic mass is 10.0. The SMILES string of the molecule is CCCc1nc(CCN2CCCCC2C)sc1CC#N. The highest BCUT2D eigenvalue weighted by Crippen LogP contribution is 2.22.